The van der Waals surface area contributed by atoms with Crippen LogP contribution >= 0.6 is 0 Å². The van der Waals surface area contributed by atoms with Gasteiger partial charge < -0.3 is 9.47 Å². The Kier molecular flexibility index (Phi) is 6.92. The van der Waals surface area contributed by atoms with E-state index in [-0.39, 0.29) is 6.09 Å². The highest BCUT2D eigenvalue weighted by atomic mass is 16.6. The number of ether oxygens (including phenoxy) is 2. The lowest BCUT2D eigenvalue weighted by atomic mass is 10.1. The van der Waals surface area contributed by atoms with E-state index in [2.05, 4.69) is 15.4 Å². The van der Waals surface area contributed by atoms with Crippen LogP contribution in [0, 0.1) is 0 Å². The summed E-state index contributed by atoms with van der Waals surface area (Å²) >= 11 is 0. The Balaban J connectivity index is 1.82. The summed E-state index contributed by atoms with van der Waals surface area (Å²) in [4.78, 5) is 17.4. The van der Waals surface area contributed by atoms with Crippen LogP contribution in [0.25, 0.3) is 10.9 Å². The first-order valence-electron chi connectivity index (χ1n) is 10.3. The van der Waals surface area contributed by atoms with Crippen LogP contribution in [0.1, 0.15) is 52.0 Å². The smallest absolute Gasteiger partial charge is 0.440 e. The summed E-state index contributed by atoms with van der Waals surface area (Å²) < 4.78 is 11.0. The normalized spacial score (nSPS) is 15.7. The molecule has 0 radical (unpaired) electrons. The van der Waals surface area contributed by atoms with E-state index in [0.29, 0.717) is 6.54 Å². The molecule has 0 bridgehead atoms. The van der Waals surface area contributed by atoms with Gasteiger partial charge in [0.2, 0.25) is 0 Å². The monoisotopic (exact) mass is 400 g/mol. The molecule has 1 aliphatic heterocycles. The molecular weight excluding hydrogens is 368 g/mol. The second-order valence-electron chi connectivity index (χ2n) is 8.35. The maximum Gasteiger partial charge on any atom is 0.440 e. The van der Waals surface area contributed by atoms with Gasteiger partial charge in [0, 0.05) is 31.2 Å². The van der Waals surface area contributed by atoms with E-state index in [4.69, 9.17) is 9.47 Å². The van der Waals surface area contributed by atoms with Crippen molar-refractivity contribution in [2.24, 2.45) is 0 Å². The molecule has 1 aromatic heterocycles. The van der Waals surface area contributed by atoms with E-state index >= 15 is 0 Å². The molecule has 158 valence electrons. The fourth-order valence-corrected chi connectivity index (χ4v) is 3.46. The van der Waals surface area contributed by atoms with Crippen LogP contribution in [-0.2, 0) is 11.3 Å². The van der Waals surface area contributed by atoms with Gasteiger partial charge in [0.1, 0.15) is 11.4 Å². The highest BCUT2D eigenvalue weighted by molar-refractivity contribution is 5.83. The number of nitrogens with zero attached hydrogens (tertiary/aromatic N) is 3. The lowest BCUT2D eigenvalue weighted by molar-refractivity contribution is -0.0793. The highest BCUT2D eigenvalue weighted by Gasteiger charge is 2.27. The zero-order chi connectivity index (χ0) is 20.9. The van der Waals surface area contributed by atoms with Crippen molar-refractivity contribution in [3.63, 3.8) is 0 Å². The summed E-state index contributed by atoms with van der Waals surface area (Å²) in [5.41, 5.74) is 4.68. The number of hydrogen-bond acceptors (Lipinski definition) is 6. The molecule has 1 amide bonds. The van der Waals surface area contributed by atoms with Crippen molar-refractivity contribution in [3.05, 3.63) is 36.0 Å². The molecule has 1 fully saturated rings. The molecule has 3 rings (SSSR count). The zero-order valence-corrected chi connectivity index (χ0v) is 17.9. The summed E-state index contributed by atoms with van der Waals surface area (Å²) in [5, 5.41) is 4.62. The van der Waals surface area contributed by atoms with E-state index in [1.807, 2.05) is 45.0 Å². The van der Waals surface area contributed by atoms with Crippen molar-refractivity contribution in [1.29, 1.82) is 0 Å². The van der Waals surface area contributed by atoms with E-state index in [9.17, 15) is 4.79 Å². The van der Waals surface area contributed by atoms with Crippen molar-refractivity contribution in [1.82, 2.24) is 20.5 Å². The average Bonchev–Trinajstić information content (AvgIpc) is 2.96. The third kappa shape index (κ3) is 5.81. The molecule has 0 spiro atoms. The lowest BCUT2D eigenvalue weighted by Gasteiger charge is -2.35. The summed E-state index contributed by atoms with van der Waals surface area (Å²) in [6.45, 7) is 7.78. The summed E-state index contributed by atoms with van der Waals surface area (Å²) in [7, 11) is 1.65. The number of carbonyl (C=O) groups excluding carboxylic acids is 1. The average molecular weight is 401 g/mol. The molecule has 1 N–H and O–H groups in total. The molecule has 7 nitrogen and oxygen atoms in total. The summed E-state index contributed by atoms with van der Waals surface area (Å²) in [5.74, 6) is 0.781. The first-order valence-corrected chi connectivity index (χ1v) is 10.3. The van der Waals surface area contributed by atoms with E-state index in [0.717, 1.165) is 48.1 Å². The second-order valence-corrected chi connectivity index (χ2v) is 8.35. The zero-order valence-electron chi connectivity index (χ0n) is 17.9. The number of rotatable bonds is 5. The van der Waals surface area contributed by atoms with Gasteiger partial charge in [-0.3, -0.25) is 4.98 Å². The molecule has 2 heterocycles. The minimum absolute atomic E-state index is 0.379. The first kappa shape index (κ1) is 21.3. The topological polar surface area (TPSA) is 66.9 Å². The van der Waals surface area contributed by atoms with Crippen molar-refractivity contribution in [2.75, 3.05) is 20.2 Å². The predicted molar refractivity (Wildman–Crippen MR) is 113 cm³/mol. The molecule has 7 heteroatoms. The predicted octanol–water partition coefficient (Wildman–Crippen LogP) is 4.28. The van der Waals surface area contributed by atoms with E-state index in [1.54, 1.807) is 18.4 Å². The molecule has 0 aliphatic carbocycles. The number of carbonyl (C=O) groups is 1. The van der Waals surface area contributed by atoms with Crippen LogP contribution in [0.3, 0.4) is 0 Å². The quantitative estimate of drug-likeness (QED) is 0.756. The van der Waals surface area contributed by atoms with Gasteiger partial charge in [0.25, 0.3) is 0 Å². The number of methoxy groups -OCH3 is 1. The van der Waals surface area contributed by atoms with Gasteiger partial charge in [0.15, 0.2) is 0 Å². The molecule has 29 heavy (non-hydrogen) atoms. The molecular formula is C22H32N4O3. The molecule has 1 aliphatic rings. The summed E-state index contributed by atoms with van der Waals surface area (Å²) in [6, 6.07) is 7.78. The van der Waals surface area contributed by atoms with E-state index < -0.39 is 5.60 Å². The number of hydrazine groups is 2. The summed E-state index contributed by atoms with van der Waals surface area (Å²) in [6.07, 6.45) is 5.92. The first-order chi connectivity index (χ1) is 13.9. The number of hydrogen-bond donors (Lipinski definition) is 1. The maximum absolute atomic E-state index is 12.9. The molecule has 1 saturated heterocycles. The number of aromatic nitrogens is 1. The Morgan fingerprint density at radius 1 is 1.17 bits per heavy atom. The van der Waals surface area contributed by atoms with Crippen molar-refractivity contribution >= 4 is 17.0 Å². The maximum atomic E-state index is 12.9. The number of fused-ring (bicyclic) bond motifs is 1. The molecule has 0 atom stereocenters. The number of pyridine rings is 1. The van der Waals surface area contributed by atoms with Crippen molar-refractivity contribution in [3.8, 4) is 5.75 Å². The standard InChI is InChI=1S/C22H32N4O3/c1-22(2,3)29-21(27)26(25-13-7-5-6-8-14-25)24-16-17-11-12-23-20-10-9-18(28-4)15-19(17)20/h9-12,15,24H,5-8,13-14,16H2,1-4H3. The number of benzene rings is 1. The molecule has 2 aromatic rings. The highest BCUT2D eigenvalue weighted by Crippen LogP contribution is 2.23. The van der Waals surface area contributed by atoms with Crippen LogP contribution in [0.5, 0.6) is 5.75 Å². The van der Waals surface area contributed by atoms with Gasteiger partial charge in [-0.15, -0.1) is 0 Å². The minimum atomic E-state index is -0.556. The number of amides is 1. The molecule has 0 saturated carbocycles. The van der Waals surface area contributed by atoms with Gasteiger partial charge in [-0.2, -0.15) is 5.12 Å². The van der Waals surface area contributed by atoms with Crippen LogP contribution < -0.4 is 10.2 Å². The van der Waals surface area contributed by atoms with Crippen LogP contribution in [-0.4, -0.2) is 47.0 Å². The van der Waals surface area contributed by atoms with Crippen LogP contribution in [0.15, 0.2) is 30.5 Å². The Hall–Kier alpha value is -2.38. The van der Waals surface area contributed by atoms with Crippen molar-refractivity contribution in [2.45, 2.75) is 58.6 Å². The fourth-order valence-electron chi connectivity index (χ4n) is 3.46. The van der Waals surface area contributed by atoms with Crippen LogP contribution in [0.4, 0.5) is 4.79 Å². The van der Waals surface area contributed by atoms with Gasteiger partial charge in [-0.1, -0.05) is 12.8 Å². The second kappa shape index (κ2) is 9.41. The lowest BCUT2D eigenvalue weighted by Crippen LogP contribution is -2.55. The Morgan fingerprint density at radius 3 is 2.55 bits per heavy atom. The third-order valence-electron chi connectivity index (χ3n) is 4.89. The largest absolute Gasteiger partial charge is 0.497 e. The van der Waals surface area contributed by atoms with Crippen molar-refractivity contribution < 1.29 is 14.3 Å². The van der Waals surface area contributed by atoms with Gasteiger partial charge in [-0.25, -0.2) is 15.2 Å². The SMILES string of the molecule is COc1ccc2nccc(CNN(C(=O)OC(C)(C)C)N3CCCCCC3)c2c1. The van der Waals surface area contributed by atoms with E-state index in [1.165, 1.54) is 12.8 Å². The fraction of sp³-hybridized carbons (Fsp3) is 0.545. The Labute approximate surface area is 172 Å². The Bertz CT molecular complexity index is 826. The van der Waals surface area contributed by atoms with Gasteiger partial charge in [0.05, 0.1) is 12.6 Å². The van der Waals surface area contributed by atoms with Gasteiger partial charge >= 0.3 is 6.09 Å². The minimum Gasteiger partial charge on any atom is -0.497 e. The third-order valence-corrected chi connectivity index (χ3v) is 4.89. The van der Waals surface area contributed by atoms with Gasteiger partial charge in [-0.05, 0) is 63.4 Å². The molecule has 1 aromatic carbocycles. The number of nitrogens with one attached hydrogen (secondary N) is 1. The Morgan fingerprint density at radius 2 is 1.90 bits per heavy atom. The van der Waals surface area contributed by atoms with Crippen LogP contribution in [0.2, 0.25) is 0 Å². The molecule has 0 unspecified atom stereocenters.